The molecule has 0 fully saturated rings. The van der Waals surface area contributed by atoms with Gasteiger partial charge in [-0.15, -0.1) is 0 Å². The van der Waals surface area contributed by atoms with Crippen molar-refractivity contribution in [3.05, 3.63) is 0 Å². The molecule has 1 unspecified atom stereocenters. The van der Waals surface area contributed by atoms with Crippen LogP contribution in [0.25, 0.3) is 0 Å². The molecule has 6 nitrogen and oxygen atoms in total. The normalized spacial score (nSPS) is 12.6. The highest BCUT2D eigenvalue weighted by Crippen LogP contribution is 2.18. The second-order valence-corrected chi connectivity index (χ2v) is 19.0. The Balaban J connectivity index is 4.29. The zero-order valence-electron chi connectivity index (χ0n) is 39.8. The van der Waals surface area contributed by atoms with Gasteiger partial charge >= 0.3 is 17.9 Å². The summed E-state index contributed by atoms with van der Waals surface area (Å²) in [5, 5.41) is 0. The van der Waals surface area contributed by atoms with Crippen LogP contribution >= 0.6 is 0 Å². The van der Waals surface area contributed by atoms with E-state index in [0.717, 1.165) is 75.5 Å². The maximum Gasteiger partial charge on any atom is 0.306 e. The summed E-state index contributed by atoms with van der Waals surface area (Å²) in [6.45, 7) is 13.7. The molecule has 2 atom stereocenters. The Morgan fingerprint density at radius 1 is 0.345 bits per heavy atom. The highest BCUT2D eigenvalue weighted by Gasteiger charge is 2.19. The van der Waals surface area contributed by atoms with Gasteiger partial charge in [-0.05, 0) is 37.0 Å². The van der Waals surface area contributed by atoms with Gasteiger partial charge in [0.05, 0.1) is 0 Å². The summed E-state index contributed by atoms with van der Waals surface area (Å²) in [7, 11) is 0. The highest BCUT2D eigenvalue weighted by atomic mass is 16.6. The van der Waals surface area contributed by atoms with Crippen molar-refractivity contribution in [1.82, 2.24) is 0 Å². The Bertz CT molecular complexity index is 900. The van der Waals surface area contributed by atoms with Crippen molar-refractivity contribution in [1.29, 1.82) is 0 Å². The molecule has 0 aliphatic heterocycles. The van der Waals surface area contributed by atoms with Gasteiger partial charge in [0.2, 0.25) is 0 Å². The third-order valence-electron chi connectivity index (χ3n) is 12.0. The molecule has 344 valence electrons. The van der Waals surface area contributed by atoms with Crippen molar-refractivity contribution < 1.29 is 28.6 Å². The summed E-state index contributed by atoms with van der Waals surface area (Å²) in [5.74, 6) is 1.61. The molecule has 0 aliphatic carbocycles. The number of unbranched alkanes of at least 4 members (excludes halogenated alkanes) is 27. The van der Waals surface area contributed by atoms with Crippen molar-refractivity contribution in [2.45, 2.75) is 285 Å². The number of ether oxygens (including phenoxy) is 3. The minimum absolute atomic E-state index is 0.0657. The first-order valence-electron chi connectivity index (χ1n) is 25.6. The SMILES string of the molecule is CCC(C)CCCCCCCCC(=O)OC[C@H](COC(=O)CCCCCCCCCCCC(C)C)OC(=O)CCCCCCCCCCCCCCCCCC(C)C. The van der Waals surface area contributed by atoms with Crippen LogP contribution < -0.4 is 0 Å². The van der Waals surface area contributed by atoms with E-state index >= 15 is 0 Å². The molecule has 0 saturated heterocycles. The lowest BCUT2D eigenvalue weighted by molar-refractivity contribution is -0.167. The van der Waals surface area contributed by atoms with E-state index in [1.165, 1.54) is 161 Å². The number of hydrogen-bond acceptors (Lipinski definition) is 6. The third-order valence-corrected chi connectivity index (χ3v) is 12.0. The van der Waals surface area contributed by atoms with Crippen molar-refractivity contribution in [2.24, 2.45) is 17.8 Å². The second kappa shape index (κ2) is 43.5. The van der Waals surface area contributed by atoms with Gasteiger partial charge in [0, 0.05) is 19.3 Å². The zero-order valence-corrected chi connectivity index (χ0v) is 39.8. The third kappa shape index (κ3) is 44.0. The number of carbonyl (C=O) groups is 3. The molecule has 0 aromatic rings. The van der Waals surface area contributed by atoms with Crippen LogP contribution in [0.1, 0.15) is 279 Å². The summed E-state index contributed by atoms with van der Waals surface area (Å²) >= 11 is 0. The number of hydrogen-bond donors (Lipinski definition) is 0. The van der Waals surface area contributed by atoms with Gasteiger partial charge in [0.25, 0.3) is 0 Å². The van der Waals surface area contributed by atoms with Crippen molar-refractivity contribution in [3.8, 4) is 0 Å². The molecule has 0 radical (unpaired) electrons. The molecule has 0 spiro atoms. The molecule has 0 heterocycles. The van der Waals surface area contributed by atoms with E-state index in [1.54, 1.807) is 0 Å². The summed E-state index contributed by atoms with van der Waals surface area (Å²) in [6, 6.07) is 0. The predicted molar refractivity (Wildman–Crippen MR) is 247 cm³/mol. The fourth-order valence-corrected chi connectivity index (χ4v) is 7.73. The topological polar surface area (TPSA) is 78.9 Å². The molecule has 0 amide bonds. The first-order chi connectivity index (χ1) is 28.1. The maximum absolute atomic E-state index is 12.8. The average Bonchev–Trinajstić information content (AvgIpc) is 3.19. The van der Waals surface area contributed by atoms with Crippen LogP contribution in [0.5, 0.6) is 0 Å². The monoisotopic (exact) mass is 821 g/mol. The molecular formula is C52H100O6. The first-order valence-corrected chi connectivity index (χ1v) is 25.6. The minimum Gasteiger partial charge on any atom is -0.462 e. The molecule has 6 heteroatoms. The Labute approximate surface area is 361 Å². The van der Waals surface area contributed by atoms with Gasteiger partial charge in [-0.1, -0.05) is 241 Å². The standard InChI is InChI=1S/C52H100O6/c1-7-48(6)40-34-28-24-25-30-36-42-51(54)57-45-49(44-56-50(53)41-35-29-22-19-15-17-21-27-33-39-47(4)5)58-52(55)43-37-31-23-18-14-12-10-8-9-11-13-16-20-26-32-38-46(2)3/h46-49H,7-45H2,1-6H3/t48?,49-/m0/s1. The van der Waals surface area contributed by atoms with Crippen LogP contribution in [-0.2, 0) is 28.6 Å². The average molecular weight is 821 g/mol. The lowest BCUT2D eigenvalue weighted by atomic mass is 10.00. The molecule has 0 bridgehead atoms. The van der Waals surface area contributed by atoms with E-state index in [9.17, 15) is 14.4 Å². The van der Waals surface area contributed by atoms with Crippen LogP contribution in [0.15, 0.2) is 0 Å². The summed E-state index contributed by atoms with van der Waals surface area (Å²) in [5.41, 5.74) is 0. The molecular weight excluding hydrogens is 721 g/mol. The molecule has 58 heavy (non-hydrogen) atoms. The van der Waals surface area contributed by atoms with E-state index in [1.807, 2.05) is 0 Å². The smallest absolute Gasteiger partial charge is 0.306 e. The van der Waals surface area contributed by atoms with E-state index in [0.29, 0.717) is 19.3 Å². The summed E-state index contributed by atoms with van der Waals surface area (Å²) in [4.78, 5) is 37.9. The molecule has 0 N–H and O–H groups in total. The van der Waals surface area contributed by atoms with Crippen LogP contribution in [0, 0.1) is 17.8 Å². The number of esters is 3. The van der Waals surface area contributed by atoms with Crippen LogP contribution in [0.4, 0.5) is 0 Å². The van der Waals surface area contributed by atoms with Crippen LogP contribution in [0.2, 0.25) is 0 Å². The van der Waals surface area contributed by atoms with Gasteiger partial charge < -0.3 is 14.2 Å². The predicted octanol–water partition coefficient (Wildman–Crippen LogP) is 16.4. The van der Waals surface area contributed by atoms with Gasteiger partial charge in [0.1, 0.15) is 13.2 Å². The molecule has 0 aromatic carbocycles. The van der Waals surface area contributed by atoms with E-state index in [-0.39, 0.29) is 31.1 Å². The van der Waals surface area contributed by atoms with Gasteiger partial charge in [-0.2, -0.15) is 0 Å². The Kier molecular flexibility index (Phi) is 42.3. The summed E-state index contributed by atoms with van der Waals surface area (Å²) in [6.07, 6.45) is 42.4. The Hall–Kier alpha value is -1.59. The lowest BCUT2D eigenvalue weighted by Crippen LogP contribution is -2.30. The fourth-order valence-electron chi connectivity index (χ4n) is 7.73. The van der Waals surface area contributed by atoms with Gasteiger partial charge in [-0.25, -0.2) is 0 Å². The second-order valence-electron chi connectivity index (χ2n) is 19.0. The molecule has 0 rings (SSSR count). The maximum atomic E-state index is 12.8. The van der Waals surface area contributed by atoms with E-state index in [4.69, 9.17) is 14.2 Å². The van der Waals surface area contributed by atoms with Crippen molar-refractivity contribution in [2.75, 3.05) is 13.2 Å². The Morgan fingerprint density at radius 3 is 0.897 bits per heavy atom. The number of carbonyl (C=O) groups excluding carboxylic acids is 3. The van der Waals surface area contributed by atoms with Crippen LogP contribution in [0.3, 0.4) is 0 Å². The summed E-state index contributed by atoms with van der Waals surface area (Å²) < 4.78 is 16.8. The minimum atomic E-state index is -0.763. The Morgan fingerprint density at radius 2 is 0.603 bits per heavy atom. The first kappa shape index (κ1) is 56.4. The molecule has 0 aliphatic rings. The van der Waals surface area contributed by atoms with Crippen molar-refractivity contribution >= 4 is 17.9 Å². The number of rotatable bonds is 45. The van der Waals surface area contributed by atoms with Gasteiger partial charge in [0.15, 0.2) is 6.10 Å². The molecule has 0 aromatic heterocycles. The van der Waals surface area contributed by atoms with Crippen molar-refractivity contribution in [3.63, 3.8) is 0 Å². The fraction of sp³-hybridized carbons (Fsp3) is 0.942. The highest BCUT2D eigenvalue weighted by molar-refractivity contribution is 5.71. The van der Waals surface area contributed by atoms with Gasteiger partial charge in [-0.3, -0.25) is 14.4 Å². The molecule has 0 saturated carbocycles. The quantitative estimate of drug-likeness (QED) is 0.0346. The van der Waals surface area contributed by atoms with E-state index in [2.05, 4.69) is 41.5 Å². The lowest BCUT2D eigenvalue weighted by Gasteiger charge is -2.18. The zero-order chi connectivity index (χ0) is 42.7. The largest absolute Gasteiger partial charge is 0.462 e. The van der Waals surface area contributed by atoms with Crippen LogP contribution in [-0.4, -0.2) is 37.2 Å². The van der Waals surface area contributed by atoms with E-state index < -0.39 is 6.10 Å².